The van der Waals surface area contributed by atoms with Gasteiger partial charge in [0.2, 0.25) is 0 Å². The second-order valence-electron chi connectivity index (χ2n) is 2.80. The van der Waals surface area contributed by atoms with E-state index in [1.807, 2.05) is 0 Å². The van der Waals surface area contributed by atoms with Crippen molar-refractivity contribution >= 4 is 11.9 Å². The van der Waals surface area contributed by atoms with Crippen LogP contribution in [0.1, 0.15) is 0 Å². The molecule has 0 aliphatic heterocycles. The van der Waals surface area contributed by atoms with E-state index in [0.717, 1.165) is 0 Å². The molecular formula is C6H9NO5. The number of carboxylic acid groups (broad SMARTS) is 2. The zero-order chi connectivity index (χ0) is 9.46. The van der Waals surface area contributed by atoms with Crippen molar-refractivity contribution in [1.29, 1.82) is 0 Å². The number of aliphatic hydroxyl groups is 1. The van der Waals surface area contributed by atoms with Crippen LogP contribution in [0, 0.1) is 11.8 Å². The summed E-state index contributed by atoms with van der Waals surface area (Å²) in [6, 6.07) is -1.29. The number of aliphatic carboxylic acids is 2. The van der Waals surface area contributed by atoms with Gasteiger partial charge in [-0.1, -0.05) is 0 Å². The summed E-state index contributed by atoms with van der Waals surface area (Å²) >= 11 is 0. The third kappa shape index (κ3) is 1.26. The average Bonchev–Trinajstić information content (AvgIpc) is 2.59. The maximum Gasteiger partial charge on any atom is 0.320 e. The minimum Gasteiger partial charge on any atom is -0.481 e. The third-order valence-corrected chi connectivity index (χ3v) is 2.02. The van der Waals surface area contributed by atoms with E-state index < -0.39 is 35.9 Å². The summed E-state index contributed by atoms with van der Waals surface area (Å²) < 4.78 is 0. The highest BCUT2D eigenvalue weighted by Gasteiger charge is 2.59. The van der Waals surface area contributed by atoms with Crippen molar-refractivity contribution in [3.8, 4) is 0 Å². The Morgan fingerprint density at radius 2 is 1.83 bits per heavy atom. The number of hydrogen-bond donors (Lipinski definition) is 4. The maximum atomic E-state index is 10.3. The molecule has 1 fully saturated rings. The lowest BCUT2D eigenvalue weighted by atomic mass is 10.1. The minimum atomic E-state index is -1.29. The fourth-order valence-electron chi connectivity index (χ4n) is 1.23. The zero-order valence-electron chi connectivity index (χ0n) is 6.04. The van der Waals surface area contributed by atoms with Gasteiger partial charge in [0.1, 0.15) is 6.04 Å². The molecule has 4 unspecified atom stereocenters. The molecule has 1 aliphatic rings. The van der Waals surface area contributed by atoms with Crippen molar-refractivity contribution in [3.05, 3.63) is 0 Å². The van der Waals surface area contributed by atoms with Gasteiger partial charge < -0.3 is 21.1 Å². The molecule has 6 heteroatoms. The molecule has 1 aliphatic carbocycles. The first kappa shape index (κ1) is 8.95. The van der Waals surface area contributed by atoms with E-state index in [2.05, 4.69) is 0 Å². The van der Waals surface area contributed by atoms with Crippen LogP contribution in [0.25, 0.3) is 0 Å². The Morgan fingerprint density at radius 1 is 1.33 bits per heavy atom. The molecular weight excluding hydrogens is 166 g/mol. The lowest BCUT2D eigenvalue weighted by Crippen LogP contribution is -2.34. The molecule has 1 rings (SSSR count). The van der Waals surface area contributed by atoms with E-state index in [0.29, 0.717) is 0 Å². The molecule has 5 N–H and O–H groups in total. The van der Waals surface area contributed by atoms with Gasteiger partial charge in [-0.3, -0.25) is 9.59 Å². The second-order valence-corrected chi connectivity index (χ2v) is 2.80. The van der Waals surface area contributed by atoms with E-state index in [1.165, 1.54) is 0 Å². The van der Waals surface area contributed by atoms with Gasteiger partial charge in [0, 0.05) is 5.92 Å². The highest BCUT2D eigenvalue weighted by atomic mass is 16.4. The fraction of sp³-hybridized carbons (Fsp3) is 0.667. The summed E-state index contributed by atoms with van der Waals surface area (Å²) in [4.78, 5) is 20.6. The van der Waals surface area contributed by atoms with Gasteiger partial charge in [0.15, 0.2) is 0 Å². The molecule has 0 spiro atoms. The van der Waals surface area contributed by atoms with Crippen molar-refractivity contribution in [2.45, 2.75) is 12.1 Å². The standard InChI is InChI=1S/C6H9NO5/c7-3(6(11)12)1-2(4(1)8)5(9)10/h1-4,8H,7H2,(H,9,10)(H,11,12). The van der Waals surface area contributed by atoms with Crippen LogP contribution >= 0.6 is 0 Å². The van der Waals surface area contributed by atoms with E-state index in [9.17, 15) is 9.59 Å². The Hall–Kier alpha value is -1.14. The molecule has 0 bridgehead atoms. The Labute approximate surface area is 67.6 Å². The fourth-order valence-corrected chi connectivity index (χ4v) is 1.23. The predicted molar refractivity (Wildman–Crippen MR) is 36.2 cm³/mol. The van der Waals surface area contributed by atoms with Crippen LogP contribution in [0.4, 0.5) is 0 Å². The molecule has 0 amide bonds. The smallest absolute Gasteiger partial charge is 0.320 e. The summed E-state index contributed by atoms with van der Waals surface area (Å²) in [6.07, 6.45) is -1.12. The average molecular weight is 175 g/mol. The van der Waals surface area contributed by atoms with Crippen molar-refractivity contribution in [3.63, 3.8) is 0 Å². The first-order valence-corrected chi connectivity index (χ1v) is 3.36. The first-order chi connectivity index (χ1) is 5.46. The quantitative estimate of drug-likeness (QED) is 0.397. The van der Waals surface area contributed by atoms with E-state index in [4.69, 9.17) is 21.1 Å². The van der Waals surface area contributed by atoms with Crippen molar-refractivity contribution in [2.75, 3.05) is 0 Å². The van der Waals surface area contributed by atoms with E-state index in [1.54, 1.807) is 0 Å². The van der Waals surface area contributed by atoms with Crippen LogP contribution in [0.5, 0.6) is 0 Å². The number of nitrogens with two attached hydrogens (primary N) is 1. The Kier molecular flexibility index (Phi) is 2.03. The summed E-state index contributed by atoms with van der Waals surface area (Å²) in [6.45, 7) is 0. The monoisotopic (exact) mass is 175 g/mol. The highest BCUT2D eigenvalue weighted by Crippen LogP contribution is 2.41. The molecule has 0 aromatic carbocycles. The van der Waals surface area contributed by atoms with Crippen LogP contribution in [0.3, 0.4) is 0 Å². The van der Waals surface area contributed by atoms with Gasteiger partial charge in [-0.25, -0.2) is 0 Å². The van der Waals surface area contributed by atoms with Gasteiger partial charge in [0.05, 0.1) is 12.0 Å². The number of aliphatic hydroxyl groups excluding tert-OH is 1. The van der Waals surface area contributed by atoms with Crippen LogP contribution < -0.4 is 5.73 Å². The first-order valence-electron chi connectivity index (χ1n) is 3.36. The molecule has 4 atom stereocenters. The lowest BCUT2D eigenvalue weighted by molar-refractivity contribution is -0.140. The molecule has 1 saturated carbocycles. The van der Waals surface area contributed by atoms with E-state index >= 15 is 0 Å². The SMILES string of the molecule is NC(C(=O)O)C1C(O)C1C(=O)O. The van der Waals surface area contributed by atoms with Gasteiger partial charge in [-0.2, -0.15) is 0 Å². The highest BCUT2D eigenvalue weighted by molar-refractivity contribution is 5.80. The van der Waals surface area contributed by atoms with Gasteiger partial charge in [0.25, 0.3) is 0 Å². The molecule has 12 heavy (non-hydrogen) atoms. The Balaban J connectivity index is 2.58. The summed E-state index contributed by atoms with van der Waals surface area (Å²) in [7, 11) is 0. The summed E-state index contributed by atoms with van der Waals surface area (Å²) in [5, 5.41) is 25.7. The normalized spacial score (nSPS) is 35.7. The lowest BCUT2D eigenvalue weighted by Gasteiger charge is -2.01. The summed E-state index contributed by atoms with van der Waals surface area (Å²) in [5.41, 5.74) is 5.12. The van der Waals surface area contributed by atoms with E-state index in [-0.39, 0.29) is 0 Å². The van der Waals surface area contributed by atoms with Crippen LogP contribution in [0.15, 0.2) is 0 Å². The third-order valence-electron chi connectivity index (χ3n) is 2.02. The molecule has 6 nitrogen and oxygen atoms in total. The van der Waals surface area contributed by atoms with Gasteiger partial charge in [-0.15, -0.1) is 0 Å². The zero-order valence-corrected chi connectivity index (χ0v) is 6.04. The summed E-state index contributed by atoms with van der Waals surface area (Å²) in [5.74, 6) is -4.36. The molecule has 0 radical (unpaired) electrons. The Morgan fingerprint density at radius 3 is 2.08 bits per heavy atom. The molecule has 0 aromatic rings. The van der Waals surface area contributed by atoms with Crippen molar-refractivity contribution in [1.82, 2.24) is 0 Å². The molecule has 0 heterocycles. The molecule has 68 valence electrons. The van der Waals surface area contributed by atoms with Crippen LogP contribution in [-0.4, -0.2) is 39.4 Å². The Bertz CT molecular complexity index is 212. The topological polar surface area (TPSA) is 121 Å². The largest absolute Gasteiger partial charge is 0.481 e. The van der Waals surface area contributed by atoms with Crippen LogP contribution in [-0.2, 0) is 9.59 Å². The number of carboxylic acids is 2. The number of carbonyl (C=O) groups is 2. The van der Waals surface area contributed by atoms with Gasteiger partial charge in [-0.05, 0) is 0 Å². The maximum absolute atomic E-state index is 10.3. The number of hydrogen-bond acceptors (Lipinski definition) is 4. The molecule has 0 aromatic heterocycles. The number of rotatable bonds is 3. The molecule has 0 saturated heterocycles. The second kappa shape index (κ2) is 2.72. The van der Waals surface area contributed by atoms with Gasteiger partial charge >= 0.3 is 11.9 Å². The van der Waals surface area contributed by atoms with Crippen LogP contribution in [0.2, 0.25) is 0 Å². The van der Waals surface area contributed by atoms with Crippen molar-refractivity contribution in [2.24, 2.45) is 17.6 Å². The predicted octanol–water partition coefficient (Wildman–Crippen LogP) is -1.91. The minimum absolute atomic E-state index is 0.847. The van der Waals surface area contributed by atoms with Crippen molar-refractivity contribution < 1.29 is 24.9 Å².